The minimum Gasteiger partial charge on any atom is -0.399 e. The lowest BCUT2D eigenvalue weighted by Crippen LogP contribution is -2.39. The van der Waals surface area contributed by atoms with Gasteiger partial charge in [-0.1, -0.05) is 18.2 Å². The summed E-state index contributed by atoms with van der Waals surface area (Å²) in [5, 5.41) is 7.89. The van der Waals surface area contributed by atoms with E-state index in [1.54, 1.807) is 11.3 Å². The number of rotatable bonds is 4. The highest BCUT2D eigenvalue weighted by Crippen LogP contribution is 2.35. The van der Waals surface area contributed by atoms with E-state index in [4.69, 9.17) is 10.7 Å². The zero-order valence-electron chi connectivity index (χ0n) is 18.9. The summed E-state index contributed by atoms with van der Waals surface area (Å²) in [7, 11) is 0. The van der Waals surface area contributed by atoms with Crippen molar-refractivity contribution in [3.63, 3.8) is 0 Å². The normalized spacial score (nSPS) is 18.1. The molecule has 0 bridgehead atoms. The van der Waals surface area contributed by atoms with E-state index in [0.717, 1.165) is 77.9 Å². The Bertz CT molecular complexity index is 1370. The van der Waals surface area contributed by atoms with Crippen LogP contribution in [0.3, 0.4) is 0 Å². The van der Waals surface area contributed by atoms with Gasteiger partial charge in [0.1, 0.15) is 10.8 Å². The van der Waals surface area contributed by atoms with E-state index in [0.29, 0.717) is 5.56 Å². The third-order valence-corrected chi connectivity index (χ3v) is 7.82. The molecule has 0 saturated carbocycles. The molecule has 4 aromatic rings. The van der Waals surface area contributed by atoms with Crippen molar-refractivity contribution in [3.05, 3.63) is 70.0 Å². The molecule has 34 heavy (non-hydrogen) atoms. The number of aromatic amines is 1. The van der Waals surface area contributed by atoms with Gasteiger partial charge in [0.15, 0.2) is 0 Å². The Morgan fingerprint density at radius 1 is 1.15 bits per heavy atom. The molecule has 174 valence electrons. The number of nitrogens with one attached hydrogen (secondary N) is 3. The molecular weight excluding hydrogens is 444 g/mol. The van der Waals surface area contributed by atoms with E-state index < -0.39 is 0 Å². The van der Waals surface area contributed by atoms with Crippen LogP contribution < -0.4 is 26.8 Å². The molecule has 4 heterocycles. The SMILES string of the molecule is Nc1ccc2c(c1)CN(c1cc(N[C@@H]3CCCNC3)c(-c3nc4ccccc4s3)c(=O)[nH]1)CC2. The molecule has 2 aliphatic heterocycles. The van der Waals surface area contributed by atoms with Crippen LogP contribution in [-0.2, 0) is 13.0 Å². The fraction of sp³-hybridized carbons (Fsp3) is 0.308. The van der Waals surface area contributed by atoms with Gasteiger partial charge in [0, 0.05) is 37.4 Å². The summed E-state index contributed by atoms with van der Waals surface area (Å²) in [6.07, 6.45) is 3.12. The minimum absolute atomic E-state index is 0.110. The average Bonchev–Trinajstić information content (AvgIpc) is 3.27. The number of anilines is 3. The fourth-order valence-corrected chi connectivity index (χ4v) is 6.02. The van der Waals surface area contributed by atoms with Gasteiger partial charge in [0.25, 0.3) is 5.56 Å². The third-order valence-electron chi connectivity index (χ3n) is 6.77. The number of hydrogen-bond acceptors (Lipinski definition) is 7. The standard InChI is InChI=1S/C26H28N6OS/c27-18-8-7-16-9-11-32(15-17(16)12-18)23-13-21(29-19-4-3-10-28-14-19)24(25(33)31-23)26-30-20-5-1-2-6-22(20)34-26/h1-2,5-8,12-13,19,28H,3-4,9-11,14-15,27H2,(H2,29,31,33)/t19-/m1/s1. The Kier molecular flexibility index (Phi) is 5.47. The minimum atomic E-state index is -0.110. The van der Waals surface area contributed by atoms with Gasteiger partial charge < -0.3 is 26.3 Å². The highest BCUT2D eigenvalue weighted by molar-refractivity contribution is 7.21. The van der Waals surface area contributed by atoms with E-state index >= 15 is 0 Å². The van der Waals surface area contributed by atoms with Gasteiger partial charge in [-0.25, -0.2) is 4.98 Å². The molecule has 2 aromatic carbocycles. The van der Waals surface area contributed by atoms with Gasteiger partial charge >= 0.3 is 0 Å². The molecule has 1 fully saturated rings. The summed E-state index contributed by atoms with van der Waals surface area (Å²) >= 11 is 1.56. The van der Waals surface area contributed by atoms with Gasteiger partial charge in [0.2, 0.25) is 0 Å². The summed E-state index contributed by atoms with van der Waals surface area (Å²) in [4.78, 5) is 23.7. The van der Waals surface area contributed by atoms with Crippen LogP contribution in [0.5, 0.6) is 0 Å². The smallest absolute Gasteiger partial charge is 0.261 e. The topological polar surface area (TPSA) is 99.1 Å². The van der Waals surface area contributed by atoms with Gasteiger partial charge in [0.05, 0.1) is 21.5 Å². The number of thiazole rings is 1. The number of nitrogens with zero attached hydrogens (tertiary/aromatic N) is 2. The van der Waals surface area contributed by atoms with Gasteiger partial charge in [-0.2, -0.15) is 0 Å². The monoisotopic (exact) mass is 472 g/mol. The second kappa shape index (κ2) is 8.77. The van der Waals surface area contributed by atoms with Gasteiger partial charge in [-0.3, -0.25) is 4.79 Å². The first-order valence-corrected chi connectivity index (χ1v) is 12.7. The molecule has 6 rings (SSSR count). The third kappa shape index (κ3) is 4.03. The number of nitrogens with two attached hydrogens (primary N) is 1. The van der Waals surface area contributed by atoms with Crippen molar-refractivity contribution >= 4 is 38.7 Å². The van der Waals surface area contributed by atoms with Crippen LogP contribution >= 0.6 is 11.3 Å². The molecule has 0 unspecified atom stereocenters. The van der Waals surface area contributed by atoms with E-state index in [2.05, 4.69) is 32.7 Å². The number of benzene rings is 2. The summed E-state index contributed by atoms with van der Waals surface area (Å²) in [6, 6.07) is 16.5. The molecule has 7 nitrogen and oxygen atoms in total. The van der Waals surface area contributed by atoms with Crippen molar-refractivity contribution < 1.29 is 0 Å². The Balaban J connectivity index is 1.41. The first-order valence-electron chi connectivity index (χ1n) is 11.9. The molecule has 1 atom stereocenters. The lowest BCUT2D eigenvalue weighted by Gasteiger charge is -2.31. The maximum atomic E-state index is 13.5. The predicted molar refractivity (Wildman–Crippen MR) is 141 cm³/mol. The average molecular weight is 473 g/mol. The summed E-state index contributed by atoms with van der Waals surface area (Å²) < 4.78 is 1.08. The van der Waals surface area contributed by atoms with Crippen LogP contribution in [0.15, 0.2) is 53.3 Å². The maximum absolute atomic E-state index is 13.5. The first-order chi connectivity index (χ1) is 16.6. The summed E-state index contributed by atoms with van der Waals surface area (Å²) in [6.45, 7) is 3.50. The van der Waals surface area contributed by atoms with E-state index in [9.17, 15) is 4.79 Å². The van der Waals surface area contributed by atoms with Crippen LogP contribution in [0.25, 0.3) is 20.8 Å². The number of pyridine rings is 1. The number of H-pyrrole nitrogens is 1. The van der Waals surface area contributed by atoms with E-state index in [-0.39, 0.29) is 11.6 Å². The number of aromatic nitrogens is 2. The van der Waals surface area contributed by atoms with E-state index in [1.807, 2.05) is 36.4 Å². The van der Waals surface area contributed by atoms with Crippen molar-refractivity contribution in [1.29, 1.82) is 0 Å². The molecule has 2 aliphatic rings. The number of fused-ring (bicyclic) bond motifs is 2. The van der Waals surface area contributed by atoms with Crippen LogP contribution in [0, 0.1) is 0 Å². The summed E-state index contributed by atoms with van der Waals surface area (Å²) in [5.74, 6) is 0.828. The Labute approximate surface area is 202 Å². The zero-order valence-corrected chi connectivity index (χ0v) is 19.8. The molecule has 5 N–H and O–H groups in total. The number of nitrogen functional groups attached to an aromatic ring is 1. The van der Waals surface area contributed by atoms with Crippen molar-refractivity contribution in [1.82, 2.24) is 15.3 Å². The Hall–Kier alpha value is -3.36. The molecular formula is C26H28N6OS. The lowest BCUT2D eigenvalue weighted by atomic mass is 9.99. The molecule has 0 aliphatic carbocycles. The predicted octanol–water partition coefficient (Wildman–Crippen LogP) is 3.96. The highest BCUT2D eigenvalue weighted by atomic mass is 32.1. The molecule has 0 amide bonds. The zero-order chi connectivity index (χ0) is 23.1. The van der Waals surface area contributed by atoms with Crippen LogP contribution in [0.2, 0.25) is 0 Å². The fourth-order valence-electron chi connectivity index (χ4n) is 5.00. The van der Waals surface area contributed by atoms with Gasteiger partial charge in [-0.15, -0.1) is 11.3 Å². The second-order valence-electron chi connectivity index (χ2n) is 9.15. The first kappa shape index (κ1) is 21.2. The van der Waals surface area contributed by atoms with Crippen LogP contribution in [-0.4, -0.2) is 35.6 Å². The van der Waals surface area contributed by atoms with Crippen molar-refractivity contribution in [2.45, 2.75) is 31.8 Å². The van der Waals surface area contributed by atoms with Gasteiger partial charge in [-0.05, 0) is 61.2 Å². The quantitative estimate of drug-likeness (QED) is 0.336. The Morgan fingerprint density at radius 2 is 2.06 bits per heavy atom. The molecule has 8 heteroatoms. The second-order valence-corrected chi connectivity index (χ2v) is 10.2. The van der Waals surface area contributed by atoms with Crippen LogP contribution in [0.1, 0.15) is 24.0 Å². The number of piperidine rings is 1. The molecule has 0 spiro atoms. The maximum Gasteiger partial charge on any atom is 0.261 e. The Morgan fingerprint density at radius 3 is 2.91 bits per heavy atom. The molecule has 2 aromatic heterocycles. The number of para-hydroxylation sites is 1. The van der Waals surface area contributed by atoms with Crippen molar-refractivity contribution in [2.24, 2.45) is 0 Å². The highest BCUT2D eigenvalue weighted by Gasteiger charge is 2.23. The summed E-state index contributed by atoms with van der Waals surface area (Å²) in [5.41, 5.74) is 11.6. The molecule has 0 radical (unpaired) electrons. The van der Waals surface area contributed by atoms with Crippen LogP contribution in [0.4, 0.5) is 17.2 Å². The largest absolute Gasteiger partial charge is 0.399 e. The van der Waals surface area contributed by atoms with Crippen molar-refractivity contribution in [3.8, 4) is 10.6 Å². The van der Waals surface area contributed by atoms with Crippen molar-refractivity contribution in [2.75, 3.05) is 35.6 Å². The number of hydrogen-bond donors (Lipinski definition) is 4. The van der Waals surface area contributed by atoms with E-state index in [1.165, 1.54) is 11.1 Å². The molecule has 1 saturated heterocycles. The lowest BCUT2D eigenvalue weighted by molar-refractivity contribution is 0.480.